The van der Waals surface area contributed by atoms with Crippen molar-refractivity contribution in [2.45, 2.75) is 39.7 Å². The van der Waals surface area contributed by atoms with Gasteiger partial charge in [-0.3, -0.25) is 13.9 Å². The first-order valence-corrected chi connectivity index (χ1v) is 12.5. The SMILES string of the molecule is CC[C@@H](C(=O)NC)N(CCc1ccccc1)C(=O)CN(c1ccc(C)cc1C)S(C)(=O)=O. The van der Waals surface area contributed by atoms with Crippen LogP contribution < -0.4 is 9.62 Å². The molecular formula is C24H33N3O4S. The van der Waals surface area contributed by atoms with Crippen LogP contribution in [0, 0.1) is 13.8 Å². The zero-order valence-corrected chi connectivity index (χ0v) is 20.3. The van der Waals surface area contributed by atoms with Gasteiger partial charge in [-0.25, -0.2) is 8.42 Å². The van der Waals surface area contributed by atoms with E-state index in [4.69, 9.17) is 0 Å². The van der Waals surface area contributed by atoms with Gasteiger partial charge in [-0.1, -0.05) is 55.0 Å². The van der Waals surface area contributed by atoms with Crippen LogP contribution in [0.2, 0.25) is 0 Å². The van der Waals surface area contributed by atoms with Crippen LogP contribution in [0.3, 0.4) is 0 Å². The van der Waals surface area contributed by atoms with E-state index in [0.29, 0.717) is 25.1 Å². The highest BCUT2D eigenvalue weighted by Crippen LogP contribution is 2.24. The van der Waals surface area contributed by atoms with Gasteiger partial charge in [0.05, 0.1) is 11.9 Å². The number of carbonyl (C=O) groups excluding carboxylic acids is 2. The van der Waals surface area contributed by atoms with E-state index in [1.807, 2.05) is 63.2 Å². The second kappa shape index (κ2) is 11.1. The van der Waals surface area contributed by atoms with Crippen LogP contribution >= 0.6 is 0 Å². The van der Waals surface area contributed by atoms with Crippen molar-refractivity contribution in [3.63, 3.8) is 0 Å². The van der Waals surface area contributed by atoms with Crippen molar-refractivity contribution in [3.8, 4) is 0 Å². The number of benzene rings is 2. The third-order valence-electron chi connectivity index (χ3n) is 5.42. The molecule has 0 aliphatic carbocycles. The van der Waals surface area contributed by atoms with Crippen LogP contribution in [0.4, 0.5) is 5.69 Å². The minimum atomic E-state index is -3.72. The first-order valence-electron chi connectivity index (χ1n) is 10.7. The Kier molecular flexibility index (Phi) is 8.83. The summed E-state index contributed by atoms with van der Waals surface area (Å²) in [7, 11) is -2.19. The fraction of sp³-hybridized carbons (Fsp3) is 0.417. The van der Waals surface area contributed by atoms with E-state index in [2.05, 4.69) is 5.32 Å². The molecule has 0 aliphatic heterocycles. The Hall–Kier alpha value is -2.87. The van der Waals surface area contributed by atoms with Crippen molar-refractivity contribution in [3.05, 3.63) is 65.2 Å². The average molecular weight is 460 g/mol. The van der Waals surface area contributed by atoms with Gasteiger partial charge in [0.25, 0.3) is 0 Å². The molecule has 0 saturated carbocycles. The average Bonchev–Trinajstić information content (AvgIpc) is 2.74. The minimum Gasteiger partial charge on any atom is -0.357 e. The molecule has 0 aromatic heterocycles. The Bertz CT molecular complexity index is 1040. The lowest BCUT2D eigenvalue weighted by molar-refractivity contribution is -0.139. The largest absolute Gasteiger partial charge is 0.357 e. The van der Waals surface area contributed by atoms with E-state index in [0.717, 1.165) is 27.3 Å². The topological polar surface area (TPSA) is 86.8 Å². The summed E-state index contributed by atoms with van der Waals surface area (Å²) in [6.45, 7) is 5.51. The summed E-state index contributed by atoms with van der Waals surface area (Å²) in [6.07, 6.45) is 2.06. The molecule has 2 aromatic carbocycles. The highest BCUT2D eigenvalue weighted by molar-refractivity contribution is 7.92. The number of hydrogen-bond donors (Lipinski definition) is 1. The molecule has 2 rings (SSSR count). The van der Waals surface area contributed by atoms with Crippen molar-refractivity contribution in [2.75, 3.05) is 30.7 Å². The normalized spacial score (nSPS) is 12.2. The number of amides is 2. The molecule has 2 amide bonds. The molecule has 2 aromatic rings. The van der Waals surface area contributed by atoms with Crippen molar-refractivity contribution in [1.29, 1.82) is 0 Å². The van der Waals surface area contributed by atoms with Crippen LogP contribution in [0.15, 0.2) is 48.5 Å². The number of aryl methyl sites for hydroxylation is 2. The number of likely N-dealkylation sites (N-methyl/N-ethyl adjacent to an activating group) is 1. The van der Waals surface area contributed by atoms with Gasteiger partial charge in [0.15, 0.2) is 0 Å². The monoisotopic (exact) mass is 459 g/mol. The van der Waals surface area contributed by atoms with Crippen LogP contribution in [0.5, 0.6) is 0 Å². The summed E-state index contributed by atoms with van der Waals surface area (Å²) in [6, 6.07) is 14.4. The second-order valence-corrected chi connectivity index (χ2v) is 9.83. The molecule has 0 spiro atoms. The van der Waals surface area contributed by atoms with Crippen molar-refractivity contribution in [1.82, 2.24) is 10.2 Å². The molecule has 32 heavy (non-hydrogen) atoms. The van der Waals surface area contributed by atoms with Gasteiger partial charge in [-0.05, 0) is 43.9 Å². The smallest absolute Gasteiger partial charge is 0.244 e. The summed E-state index contributed by atoms with van der Waals surface area (Å²) >= 11 is 0. The Morgan fingerprint density at radius 1 is 1.06 bits per heavy atom. The quantitative estimate of drug-likeness (QED) is 0.592. The number of anilines is 1. The molecule has 0 bridgehead atoms. The fourth-order valence-corrected chi connectivity index (χ4v) is 4.65. The predicted molar refractivity (Wildman–Crippen MR) is 128 cm³/mol. The van der Waals surface area contributed by atoms with Crippen LogP contribution in [-0.2, 0) is 26.0 Å². The zero-order chi connectivity index (χ0) is 23.9. The number of nitrogens with one attached hydrogen (secondary N) is 1. The summed E-state index contributed by atoms with van der Waals surface area (Å²) in [5.74, 6) is -0.687. The number of rotatable bonds is 10. The zero-order valence-electron chi connectivity index (χ0n) is 19.5. The molecule has 174 valence electrons. The van der Waals surface area contributed by atoms with Gasteiger partial charge in [-0.2, -0.15) is 0 Å². The minimum absolute atomic E-state index is 0.272. The lowest BCUT2D eigenvalue weighted by Gasteiger charge is -2.33. The Labute approximate surface area is 191 Å². The molecule has 0 unspecified atom stereocenters. The van der Waals surface area contributed by atoms with Gasteiger partial charge in [0.1, 0.15) is 12.6 Å². The van der Waals surface area contributed by atoms with E-state index >= 15 is 0 Å². The Morgan fingerprint density at radius 2 is 1.72 bits per heavy atom. The van der Waals surface area contributed by atoms with E-state index in [-0.39, 0.29) is 12.5 Å². The molecule has 0 fully saturated rings. The van der Waals surface area contributed by atoms with Crippen molar-refractivity contribution >= 4 is 27.5 Å². The third-order valence-corrected chi connectivity index (χ3v) is 6.54. The van der Waals surface area contributed by atoms with Gasteiger partial charge < -0.3 is 10.2 Å². The van der Waals surface area contributed by atoms with E-state index in [9.17, 15) is 18.0 Å². The lowest BCUT2D eigenvalue weighted by Crippen LogP contribution is -2.52. The number of hydrogen-bond acceptors (Lipinski definition) is 4. The molecule has 0 aliphatic rings. The van der Waals surface area contributed by atoms with Crippen LogP contribution in [-0.4, -0.2) is 57.6 Å². The van der Waals surface area contributed by atoms with Crippen molar-refractivity contribution in [2.24, 2.45) is 0 Å². The van der Waals surface area contributed by atoms with E-state index in [1.54, 1.807) is 6.07 Å². The first-order chi connectivity index (χ1) is 15.1. The number of sulfonamides is 1. The summed E-state index contributed by atoms with van der Waals surface area (Å²) in [5, 5.41) is 2.62. The molecule has 1 atom stereocenters. The molecule has 1 N–H and O–H groups in total. The Morgan fingerprint density at radius 3 is 2.25 bits per heavy atom. The van der Waals surface area contributed by atoms with Gasteiger partial charge >= 0.3 is 0 Å². The predicted octanol–water partition coefficient (Wildman–Crippen LogP) is 2.67. The molecule has 8 heteroatoms. The molecule has 0 heterocycles. The van der Waals surface area contributed by atoms with E-state index < -0.39 is 22.0 Å². The Balaban J connectivity index is 2.37. The van der Waals surface area contributed by atoms with Crippen LogP contribution in [0.25, 0.3) is 0 Å². The van der Waals surface area contributed by atoms with Gasteiger partial charge in [0.2, 0.25) is 21.8 Å². The maximum atomic E-state index is 13.4. The molecular weight excluding hydrogens is 426 g/mol. The fourth-order valence-electron chi connectivity index (χ4n) is 3.74. The standard InChI is InChI=1S/C24H33N3O4S/c1-6-21(24(29)25-4)26(15-14-20-10-8-7-9-11-20)23(28)17-27(32(5,30)31)22-13-12-18(2)16-19(22)3/h7-13,16,21H,6,14-15,17H2,1-5H3,(H,25,29)/t21-/m0/s1. The van der Waals surface area contributed by atoms with Gasteiger partial charge in [-0.15, -0.1) is 0 Å². The maximum Gasteiger partial charge on any atom is 0.244 e. The molecule has 7 nitrogen and oxygen atoms in total. The summed E-state index contributed by atoms with van der Waals surface area (Å²) in [5.41, 5.74) is 3.26. The second-order valence-electron chi connectivity index (χ2n) is 7.92. The number of carbonyl (C=O) groups is 2. The summed E-state index contributed by atoms with van der Waals surface area (Å²) < 4.78 is 26.3. The summed E-state index contributed by atoms with van der Waals surface area (Å²) in [4.78, 5) is 27.4. The first kappa shape index (κ1) is 25.4. The highest BCUT2D eigenvalue weighted by Gasteiger charge is 2.31. The third kappa shape index (κ3) is 6.56. The van der Waals surface area contributed by atoms with E-state index in [1.165, 1.54) is 11.9 Å². The van der Waals surface area contributed by atoms with Crippen LogP contribution in [0.1, 0.15) is 30.0 Å². The van der Waals surface area contributed by atoms with Crippen molar-refractivity contribution < 1.29 is 18.0 Å². The molecule has 0 radical (unpaired) electrons. The van der Waals surface area contributed by atoms with Gasteiger partial charge in [0, 0.05) is 13.6 Å². The molecule has 0 saturated heterocycles. The number of nitrogens with zero attached hydrogens (tertiary/aromatic N) is 2. The maximum absolute atomic E-state index is 13.4. The lowest BCUT2D eigenvalue weighted by atomic mass is 10.1. The highest BCUT2D eigenvalue weighted by atomic mass is 32.2.